The van der Waals surface area contributed by atoms with Crippen LogP contribution in [0.2, 0.25) is 0 Å². The minimum atomic E-state index is 0.102. The second-order valence-electron chi connectivity index (χ2n) is 4.93. The summed E-state index contributed by atoms with van der Waals surface area (Å²) < 4.78 is 0. The van der Waals surface area contributed by atoms with E-state index >= 15 is 0 Å². The molecule has 2 aromatic rings. The molecule has 1 aromatic heterocycles. The average molecular weight is 292 g/mol. The second kappa shape index (κ2) is 7.67. The molecular formula is C16H16N6. The van der Waals surface area contributed by atoms with Crippen LogP contribution in [-0.2, 0) is 6.42 Å². The lowest BCUT2D eigenvalue weighted by atomic mass is 10.1. The largest absolute Gasteiger partial charge is 0.381 e. The quantitative estimate of drug-likeness (QED) is 0.487. The predicted octanol–water partition coefficient (Wildman–Crippen LogP) is 4.33. The summed E-state index contributed by atoms with van der Waals surface area (Å²) in [6.07, 6.45) is 3.40. The van der Waals surface area contributed by atoms with E-state index in [1.165, 1.54) is 11.8 Å². The Hall–Kier alpha value is -3.03. The molecule has 0 fully saturated rings. The highest BCUT2D eigenvalue weighted by molar-refractivity contribution is 5.65. The number of anilines is 1. The van der Waals surface area contributed by atoms with Crippen LogP contribution in [0, 0.1) is 11.3 Å². The van der Waals surface area contributed by atoms with Crippen molar-refractivity contribution in [1.29, 1.82) is 5.26 Å². The van der Waals surface area contributed by atoms with Crippen LogP contribution in [0.4, 0.5) is 11.5 Å². The molecule has 0 aliphatic carbocycles. The molecule has 0 radical (unpaired) electrons. The summed E-state index contributed by atoms with van der Waals surface area (Å²) in [6, 6.07) is 14.2. The first kappa shape index (κ1) is 15.4. The molecule has 6 nitrogen and oxygen atoms in total. The van der Waals surface area contributed by atoms with Crippen LogP contribution in [-0.4, -0.2) is 11.0 Å². The summed E-state index contributed by atoms with van der Waals surface area (Å²) in [5, 5.41) is 16.0. The minimum Gasteiger partial charge on any atom is -0.381 e. The predicted molar refractivity (Wildman–Crippen MR) is 85.6 cm³/mol. The Bertz CT molecular complexity index is 713. The van der Waals surface area contributed by atoms with E-state index in [4.69, 9.17) is 5.53 Å². The lowest BCUT2D eigenvalue weighted by molar-refractivity contribution is 0.706. The summed E-state index contributed by atoms with van der Waals surface area (Å²) in [7, 11) is 0. The molecule has 1 heterocycles. The fourth-order valence-electron chi connectivity index (χ4n) is 2.16. The number of hydrogen-bond acceptors (Lipinski definition) is 4. The van der Waals surface area contributed by atoms with Crippen molar-refractivity contribution < 1.29 is 0 Å². The van der Waals surface area contributed by atoms with Crippen LogP contribution in [0.25, 0.3) is 10.4 Å². The lowest BCUT2D eigenvalue weighted by Crippen LogP contribution is -2.17. The molecule has 0 amide bonds. The van der Waals surface area contributed by atoms with Gasteiger partial charge in [0, 0.05) is 17.2 Å². The van der Waals surface area contributed by atoms with Crippen molar-refractivity contribution >= 4 is 11.5 Å². The molecule has 2 rings (SSSR count). The minimum absolute atomic E-state index is 0.102. The molecule has 0 bridgehead atoms. The molecule has 0 aliphatic rings. The molecule has 1 N–H and O–H groups in total. The molecule has 0 aliphatic heterocycles. The van der Waals surface area contributed by atoms with Crippen LogP contribution in [0.3, 0.4) is 0 Å². The first-order valence-electron chi connectivity index (χ1n) is 6.99. The van der Waals surface area contributed by atoms with Crippen LogP contribution < -0.4 is 5.32 Å². The third kappa shape index (κ3) is 3.98. The Kier molecular flexibility index (Phi) is 5.36. The molecule has 0 saturated carbocycles. The maximum Gasteiger partial charge on any atom is 0.146 e. The van der Waals surface area contributed by atoms with E-state index in [0.717, 1.165) is 12.8 Å². The maximum atomic E-state index is 9.23. The van der Waals surface area contributed by atoms with Gasteiger partial charge in [-0.05, 0) is 42.0 Å². The highest BCUT2D eigenvalue weighted by Gasteiger charge is 2.10. The number of aryl methyl sites for hydroxylation is 1. The number of pyridine rings is 1. The van der Waals surface area contributed by atoms with Crippen LogP contribution in [0.1, 0.15) is 24.5 Å². The summed E-state index contributed by atoms with van der Waals surface area (Å²) >= 11 is 0. The zero-order valence-electron chi connectivity index (χ0n) is 12.3. The smallest absolute Gasteiger partial charge is 0.146 e. The highest BCUT2D eigenvalue weighted by Crippen LogP contribution is 2.24. The Labute approximate surface area is 129 Å². The van der Waals surface area contributed by atoms with Crippen LogP contribution in [0.15, 0.2) is 47.7 Å². The van der Waals surface area contributed by atoms with Gasteiger partial charge in [-0.3, -0.25) is 4.98 Å². The van der Waals surface area contributed by atoms with Gasteiger partial charge >= 0.3 is 0 Å². The van der Waals surface area contributed by atoms with Gasteiger partial charge in [-0.25, -0.2) is 0 Å². The van der Waals surface area contributed by atoms with Crippen molar-refractivity contribution in [3.8, 4) is 6.07 Å². The highest BCUT2D eigenvalue weighted by atomic mass is 15.2. The van der Waals surface area contributed by atoms with Gasteiger partial charge in [-0.15, -0.1) is 0 Å². The molecule has 0 unspecified atom stereocenters. The van der Waals surface area contributed by atoms with E-state index in [2.05, 4.69) is 39.4 Å². The molecule has 6 heteroatoms. The van der Waals surface area contributed by atoms with Crippen LogP contribution >= 0.6 is 0 Å². The van der Waals surface area contributed by atoms with E-state index in [1.54, 1.807) is 6.07 Å². The van der Waals surface area contributed by atoms with Crippen molar-refractivity contribution in [3.05, 3.63) is 64.2 Å². The van der Waals surface area contributed by atoms with Crippen molar-refractivity contribution in [1.82, 2.24) is 4.98 Å². The molecule has 1 atom stereocenters. The van der Waals surface area contributed by atoms with Crippen molar-refractivity contribution in [2.45, 2.75) is 25.8 Å². The SMILES string of the molecule is C[C@@H](CCc1ccccc1)Nc1ccnc(N=[N+]=[N-])c1C#N. The number of nitrogens with zero attached hydrogens (tertiary/aromatic N) is 5. The summed E-state index contributed by atoms with van der Waals surface area (Å²) in [5.74, 6) is 0.102. The van der Waals surface area contributed by atoms with Crippen molar-refractivity contribution in [2.24, 2.45) is 5.11 Å². The van der Waals surface area contributed by atoms with Gasteiger partial charge in [0.25, 0.3) is 0 Å². The number of nitriles is 1. The number of hydrogen-bond donors (Lipinski definition) is 1. The third-order valence-electron chi connectivity index (χ3n) is 3.29. The number of aromatic nitrogens is 1. The Morgan fingerprint density at radius 2 is 2.14 bits per heavy atom. The lowest BCUT2D eigenvalue weighted by Gasteiger charge is -2.16. The number of benzene rings is 1. The third-order valence-corrected chi connectivity index (χ3v) is 3.29. The van der Waals surface area contributed by atoms with E-state index < -0.39 is 0 Å². The normalized spacial score (nSPS) is 11.1. The Morgan fingerprint density at radius 1 is 1.36 bits per heavy atom. The fraction of sp³-hybridized carbons (Fsp3) is 0.250. The van der Waals surface area contributed by atoms with E-state index in [1.807, 2.05) is 24.3 Å². The number of rotatable bonds is 6. The van der Waals surface area contributed by atoms with Gasteiger partial charge in [0.1, 0.15) is 17.5 Å². The van der Waals surface area contributed by atoms with E-state index in [0.29, 0.717) is 5.69 Å². The van der Waals surface area contributed by atoms with Gasteiger partial charge in [0.05, 0.1) is 5.69 Å². The van der Waals surface area contributed by atoms with Crippen molar-refractivity contribution in [2.75, 3.05) is 5.32 Å². The van der Waals surface area contributed by atoms with Gasteiger partial charge in [-0.2, -0.15) is 5.26 Å². The van der Waals surface area contributed by atoms with Gasteiger partial charge in [0.15, 0.2) is 0 Å². The van der Waals surface area contributed by atoms with E-state index in [-0.39, 0.29) is 17.4 Å². The standard InChI is InChI=1S/C16H16N6/c1-12(7-8-13-5-3-2-4-6-13)20-15-9-10-19-16(21-22-18)14(15)11-17/h2-6,9-10,12H,7-8H2,1H3,(H,19,20)/t12-/m0/s1. The zero-order chi connectivity index (χ0) is 15.8. The Balaban J connectivity index is 2.05. The molecule has 0 saturated heterocycles. The summed E-state index contributed by atoms with van der Waals surface area (Å²) in [5.41, 5.74) is 10.7. The molecule has 1 aromatic carbocycles. The number of azide groups is 1. The van der Waals surface area contributed by atoms with Crippen molar-refractivity contribution in [3.63, 3.8) is 0 Å². The van der Waals surface area contributed by atoms with Gasteiger partial charge in [-0.1, -0.05) is 30.3 Å². The molecular weight excluding hydrogens is 276 g/mol. The number of nitrogens with one attached hydrogen (secondary N) is 1. The first-order chi connectivity index (χ1) is 10.7. The monoisotopic (exact) mass is 292 g/mol. The Morgan fingerprint density at radius 3 is 2.82 bits per heavy atom. The van der Waals surface area contributed by atoms with Crippen LogP contribution in [0.5, 0.6) is 0 Å². The van der Waals surface area contributed by atoms with Gasteiger partial charge < -0.3 is 5.32 Å². The zero-order valence-corrected chi connectivity index (χ0v) is 12.3. The summed E-state index contributed by atoms with van der Waals surface area (Å²) in [4.78, 5) is 6.61. The van der Waals surface area contributed by atoms with Gasteiger partial charge in [0.2, 0.25) is 0 Å². The summed E-state index contributed by atoms with van der Waals surface area (Å²) in [6.45, 7) is 2.05. The van der Waals surface area contributed by atoms with E-state index in [9.17, 15) is 5.26 Å². The molecule has 0 spiro atoms. The fourth-order valence-corrected chi connectivity index (χ4v) is 2.16. The first-order valence-corrected chi connectivity index (χ1v) is 6.99. The average Bonchev–Trinajstić information content (AvgIpc) is 2.54. The molecule has 110 valence electrons. The molecule has 22 heavy (non-hydrogen) atoms. The maximum absolute atomic E-state index is 9.23. The second-order valence-corrected chi connectivity index (χ2v) is 4.93. The topological polar surface area (TPSA) is 97.5 Å².